The van der Waals surface area contributed by atoms with Gasteiger partial charge in [0.25, 0.3) is 0 Å². The minimum Gasteiger partial charge on any atom is -0.379 e. The lowest BCUT2D eigenvalue weighted by molar-refractivity contribution is 0.0203. The summed E-state index contributed by atoms with van der Waals surface area (Å²) in [6.07, 6.45) is 5.13. The van der Waals surface area contributed by atoms with Crippen LogP contribution in [0.15, 0.2) is 24.3 Å². The van der Waals surface area contributed by atoms with Crippen LogP contribution in [0.1, 0.15) is 37.8 Å². The van der Waals surface area contributed by atoms with E-state index < -0.39 is 0 Å². The molecule has 0 bridgehead atoms. The van der Waals surface area contributed by atoms with Gasteiger partial charge in [0.15, 0.2) is 0 Å². The topological polar surface area (TPSA) is 27.7 Å². The summed E-state index contributed by atoms with van der Waals surface area (Å²) in [7, 11) is 0. The number of nitrogens with zero attached hydrogens (tertiary/aromatic N) is 2. The van der Waals surface area contributed by atoms with Gasteiger partial charge in [0.1, 0.15) is 0 Å². The van der Waals surface area contributed by atoms with Gasteiger partial charge in [-0.2, -0.15) is 0 Å². The summed E-state index contributed by atoms with van der Waals surface area (Å²) in [4.78, 5) is 5.32. The van der Waals surface area contributed by atoms with Crippen LogP contribution < -0.4 is 5.32 Å². The summed E-state index contributed by atoms with van der Waals surface area (Å²) in [5.41, 5.74) is 3.46. The average molecular weight is 372 g/mol. The molecule has 4 rings (SSSR count). The van der Waals surface area contributed by atoms with Crippen LogP contribution in [0.3, 0.4) is 0 Å². The lowest BCUT2D eigenvalue weighted by Crippen LogP contribution is -2.52. The Hall–Kier alpha value is -0.940. The van der Waals surface area contributed by atoms with Gasteiger partial charge in [-0.25, -0.2) is 0 Å². The largest absolute Gasteiger partial charge is 0.379 e. The van der Waals surface area contributed by atoms with Crippen LogP contribution in [-0.2, 0) is 17.6 Å². The van der Waals surface area contributed by atoms with Crippen molar-refractivity contribution in [2.45, 2.75) is 51.6 Å². The third-order valence-electron chi connectivity index (χ3n) is 6.62. The van der Waals surface area contributed by atoms with Gasteiger partial charge in [-0.3, -0.25) is 9.80 Å². The Bertz CT molecular complexity index is 586. The zero-order valence-electron chi connectivity index (χ0n) is 17.3. The molecule has 2 fully saturated rings. The van der Waals surface area contributed by atoms with Crippen molar-refractivity contribution in [3.05, 3.63) is 35.4 Å². The van der Waals surface area contributed by atoms with E-state index in [1.54, 1.807) is 11.1 Å². The first-order valence-corrected chi connectivity index (χ1v) is 10.9. The zero-order valence-corrected chi connectivity index (χ0v) is 17.3. The molecule has 0 amide bonds. The number of hydrogen-bond acceptors (Lipinski definition) is 4. The van der Waals surface area contributed by atoms with Crippen molar-refractivity contribution in [3.63, 3.8) is 0 Å². The molecule has 2 aliphatic heterocycles. The van der Waals surface area contributed by atoms with Crippen molar-refractivity contribution in [2.24, 2.45) is 5.41 Å². The van der Waals surface area contributed by atoms with Gasteiger partial charge in [0, 0.05) is 44.8 Å². The molecule has 0 saturated carbocycles. The smallest absolute Gasteiger partial charge is 0.0594 e. The minimum absolute atomic E-state index is 0.309. The second-order valence-electron chi connectivity index (χ2n) is 9.60. The standard InChI is InChI=1S/C23H37N3O/c1-23(2,18-25-10-12-27-13-11-25)17-24-21-8-5-9-26(16-21)22-14-19-6-3-4-7-20(19)15-22/h3-4,6-7,21-22,24H,5,8-18H2,1-2H3. The first kappa shape index (κ1) is 19.4. The van der Waals surface area contributed by atoms with Crippen LogP contribution in [-0.4, -0.2) is 74.4 Å². The van der Waals surface area contributed by atoms with Gasteiger partial charge in [-0.15, -0.1) is 0 Å². The van der Waals surface area contributed by atoms with Crippen LogP contribution in [0.5, 0.6) is 0 Å². The second-order valence-corrected chi connectivity index (χ2v) is 9.60. The van der Waals surface area contributed by atoms with Gasteiger partial charge in [-0.1, -0.05) is 38.1 Å². The van der Waals surface area contributed by atoms with E-state index in [0.717, 1.165) is 39.4 Å². The predicted octanol–water partition coefficient (Wildman–Crippen LogP) is 2.57. The summed E-state index contributed by atoms with van der Waals surface area (Å²) in [6, 6.07) is 10.4. The second kappa shape index (κ2) is 8.60. The molecule has 1 N–H and O–H groups in total. The monoisotopic (exact) mass is 371 g/mol. The molecule has 1 atom stereocenters. The van der Waals surface area contributed by atoms with E-state index in [-0.39, 0.29) is 0 Å². The van der Waals surface area contributed by atoms with Crippen molar-refractivity contribution in [1.29, 1.82) is 0 Å². The Labute approximate surface area is 165 Å². The van der Waals surface area contributed by atoms with E-state index in [2.05, 4.69) is 53.2 Å². The molecule has 1 unspecified atom stereocenters. The molecule has 4 nitrogen and oxygen atoms in total. The summed E-state index contributed by atoms with van der Waals surface area (Å²) in [5, 5.41) is 3.93. The van der Waals surface area contributed by atoms with Crippen molar-refractivity contribution < 1.29 is 4.74 Å². The molecule has 1 aliphatic carbocycles. The number of nitrogens with one attached hydrogen (secondary N) is 1. The first-order valence-electron chi connectivity index (χ1n) is 10.9. The van der Waals surface area contributed by atoms with Crippen molar-refractivity contribution in [1.82, 2.24) is 15.1 Å². The molecule has 0 aromatic heterocycles. The molecule has 2 saturated heterocycles. The third-order valence-corrected chi connectivity index (χ3v) is 6.62. The summed E-state index contributed by atoms with van der Waals surface area (Å²) in [6.45, 7) is 13.5. The van der Waals surface area contributed by atoms with Gasteiger partial charge in [0.2, 0.25) is 0 Å². The van der Waals surface area contributed by atoms with Crippen molar-refractivity contribution in [2.75, 3.05) is 52.5 Å². The van der Waals surface area contributed by atoms with E-state index in [0.29, 0.717) is 17.5 Å². The minimum atomic E-state index is 0.309. The fourth-order valence-electron chi connectivity index (χ4n) is 5.14. The lowest BCUT2D eigenvalue weighted by atomic mass is 9.91. The van der Waals surface area contributed by atoms with Crippen molar-refractivity contribution >= 4 is 0 Å². The Morgan fingerprint density at radius 3 is 2.48 bits per heavy atom. The average Bonchev–Trinajstić information content (AvgIpc) is 3.12. The number of ether oxygens (including phenoxy) is 1. The Morgan fingerprint density at radius 1 is 1.07 bits per heavy atom. The maximum atomic E-state index is 5.49. The van der Waals surface area contributed by atoms with Crippen LogP contribution in [0.4, 0.5) is 0 Å². The zero-order chi connectivity index (χ0) is 18.7. The highest BCUT2D eigenvalue weighted by Crippen LogP contribution is 2.27. The number of hydrogen-bond donors (Lipinski definition) is 1. The van der Waals surface area contributed by atoms with Crippen LogP contribution in [0.25, 0.3) is 0 Å². The summed E-state index contributed by atoms with van der Waals surface area (Å²) >= 11 is 0. The molecule has 1 aromatic rings. The molecule has 2 heterocycles. The number of benzene rings is 1. The number of likely N-dealkylation sites (tertiary alicyclic amines) is 1. The number of fused-ring (bicyclic) bond motifs is 1. The maximum absolute atomic E-state index is 5.49. The highest BCUT2D eigenvalue weighted by atomic mass is 16.5. The molecule has 0 radical (unpaired) electrons. The van der Waals surface area contributed by atoms with Crippen LogP contribution in [0, 0.1) is 5.41 Å². The third kappa shape index (κ3) is 5.11. The van der Waals surface area contributed by atoms with E-state index in [1.807, 2.05) is 0 Å². The molecule has 150 valence electrons. The van der Waals surface area contributed by atoms with Gasteiger partial charge in [0.05, 0.1) is 13.2 Å². The fourth-order valence-corrected chi connectivity index (χ4v) is 5.14. The molecule has 27 heavy (non-hydrogen) atoms. The van der Waals surface area contributed by atoms with Crippen LogP contribution >= 0.6 is 0 Å². The predicted molar refractivity (Wildman–Crippen MR) is 111 cm³/mol. The molecule has 0 spiro atoms. The van der Waals surface area contributed by atoms with E-state index in [1.165, 1.54) is 38.8 Å². The fraction of sp³-hybridized carbons (Fsp3) is 0.739. The quantitative estimate of drug-likeness (QED) is 0.832. The number of piperidine rings is 1. The molecule has 3 aliphatic rings. The summed E-state index contributed by atoms with van der Waals surface area (Å²) < 4.78 is 5.49. The van der Waals surface area contributed by atoms with Gasteiger partial charge < -0.3 is 10.1 Å². The van der Waals surface area contributed by atoms with Crippen LogP contribution in [0.2, 0.25) is 0 Å². The Kier molecular flexibility index (Phi) is 6.18. The highest BCUT2D eigenvalue weighted by molar-refractivity contribution is 5.33. The maximum Gasteiger partial charge on any atom is 0.0594 e. The van der Waals surface area contributed by atoms with E-state index in [9.17, 15) is 0 Å². The Balaban J connectivity index is 1.25. The van der Waals surface area contributed by atoms with Gasteiger partial charge in [-0.05, 0) is 48.8 Å². The SMILES string of the molecule is CC(C)(CNC1CCCN(C2Cc3ccccc3C2)C1)CN1CCOCC1. The molecule has 4 heteroatoms. The molecular weight excluding hydrogens is 334 g/mol. The molecule has 1 aromatic carbocycles. The highest BCUT2D eigenvalue weighted by Gasteiger charge is 2.31. The lowest BCUT2D eigenvalue weighted by Gasteiger charge is -2.40. The Morgan fingerprint density at radius 2 is 1.78 bits per heavy atom. The van der Waals surface area contributed by atoms with E-state index >= 15 is 0 Å². The first-order chi connectivity index (χ1) is 13.1. The summed E-state index contributed by atoms with van der Waals surface area (Å²) in [5.74, 6) is 0. The van der Waals surface area contributed by atoms with E-state index in [4.69, 9.17) is 4.74 Å². The van der Waals surface area contributed by atoms with Gasteiger partial charge >= 0.3 is 0 Å². The number of morpholine rings is 1. The van der Waals surface area contributed by atoms with Crippen molar-refractivity contribution in [3.8, 4) is 0 Å². The normalized spacial score (nSPS) is 25.6. The number of rotatable bonds is 6. The molecular formula is C23H37N3O.